The summed E-state index contributed by atoms with van der Waals surface area (Å²) in [5.74, 6) is 0.224. The Morgan fingerprint density at radius 2 is 2.00 bits per heavy atom. The van der Waals surface area contributed by atoms with E-state index >= 15 is 0 Å². The second-order valence-corrected chi connectivity index (χ2v) is 7.57. The lowest BCUT2D eigenvalue weighted by Crippen LogP contribution is -2.42. The van der Waals surface area contributed by atoms with Gasteiger partial charge in [0, 0.05) is 25.2 Å². The molecule has 2 rings (SSSR count). The van der Waals surface area contributed by atoms with Gasteiger partial charge in [0.15, 0.2) is 0 Å². The zero-order valence-electron chi connectivity index (χ0n) is 13.0. The molecule has 0 radical (unpaired) electrons. The van der Waals surface area contributed by atoms with Crippen molar-refractivity contribution in [1.29, 1.82) is 0 Å². The van der Waals surface area contributed by atoms with Crippen molar-refractivity contribution in [3.8, 4) is 0 Å². The molecule has 1 atom stereocenters. The maximum Gasteiger partial charge on any atom is 0.269 e. The third-order valence-corrected chi connectivity index (χ3v) is 5.68. The second-order valence-electron chi connectivity index (χ2n) is 5.60. The van der Waals surface area contributed by atoms with Crippen LogP contribution in [0.1, 0.15) is 18.4 Å². The van der Waals surface area contributed by atoms with Crippen LogP contribution in [0, 0.1) is 16.0 Å². The number of nitro benzene ring substituents is 1. The molecule has 1 unspecified atom stereocenters. The largest absolute Gasteiger partial charge is 0.319 e. The fourth-order valence-corrected chi connectivity index (χ4v) is 4.39. The topological polar surface area (TPSA) is 92.6 Å². The van der Waals surface area contributed by atoms with Gasteiger partial charge >= 0.3 is 0 Å². The first kappa shape index (κ1) is 19.8. The van der Waals surface area contributed by atoms with Crippen LogP contribution in [0.5, 0.6) is 0 Å². The molecule has 0 saturated carbocycles. The highest BCUT2D eigenvalue weighted by atomic mass is 35.5. The summed E-state index contributed by atoms with van der Waals surface area (Å²) in [7, 11) is -1.52. The number of halogens is 1. The van der Waals surface area contributed by atoms with Crippen molar-refractivity contribution in [3.05, 3.63) is 39.9 Å². The Labute approximate surface area is 142 Å². The highest BCUT2D eigenvalue weighted by molar-refractivity contribution is 7.88. The predicted molar refractivity (Wildman–Crippen MR) is 91.2 cm³/mol. The van der Waals surface area contributed by atoms with Crippen molar-refractivity contribution >= 4 is 28.1 Å². The molecule has 1 aromatic rings. The number of non-ortho nitro benzene ring substituents is 1. The van der Waals surface area contributed by atoms with Gasteiger partial charge < -0.3 is 5.32 Å². The summed E-state index contributed by atoms with van der Waals surface area (Å²) in [5, 5.41) is 13.7. The number of piperidine rings is 1. The highest BCUT2D eigenvalue weighted by Crippen LogP contribution is 2.22. The van der Waals surface area contributed by atoms with Crippen LogP contribution >= 0.6 is 12.4 Å². The van der Waals surface area contributed by atoms with Crippen LogP contribution in [-0.4, -0.2) is 44.3 Å². The third kappa shape index (κ3) is 5.42. The Balaban J connectivity index is 0.00000264. The third-order valence-electron chi connectivity index (χ3n) is 3.86. The van der Waals surface area contributed by atoms with E-state index in [0.29, 0.717) is 24.6 Å². The zero-order valence-corrected chi connectivity index (χ0v) is 14.6. The molecule has 130 valence electrons. The molecule has 0 bridgehead atoms. The number of nitro groups is 1. The minimum Gasteiger partial charge on any atom is -0.319 e. The summed E-state index contributed by atoms with van der Waals surface area (Å²) in [4.78, 5) is 10.1. The van der Waals surface area contributed by atoms with Crippen LogP contribution < -0.4 is 5.32 Å². The molecule has 23 heavy (non-hydrogen) atoms. The first-order chi connectivity index (χ1) is 10.4. The number of hydrogen-bond acceptors (Lipinski definition) is 5. The smallest absolute Gasteiger partial charge is 0.269 e. The standard InChI is InChI=1S/C14H21N3O4S.ClH/c1-15-9-13-3-2-8-16(10-13)22(20,21)11-12-4-6-14(7-5-12)17(18)19;/h4-7,13,15H,2-3,8-11H2,1H3;1H. The lowest BCUT2D eigenvalue weighted by Gasteiger charge is -2.31. The molecule has 1 aromatic carbocycles. The zero-order chi connectivity index (χ0) is 16.2. The van der Waals surface area contributed by atoms with Gasteiger partial charge in [-0.15, -0.1) is 12.4 Å². The number of rotatable bonds is 6. The number of nitrogens with zero attached hydrogens (tertiary/aromatic N) is 2. The molecule has 0 amide bonds. The van der Waals surface area contributed by atoms with E-state index < -0.39 is 14.9 Å². The van der Waals surface area contributed by atoms with Gasteiger partial charge in [0.25, 0.3) is 5.69 Å². The van der Waals surface area contributed by atoms with Crippen molar-refractivity contribution < 1.29 is 13.3 Å². The lowest BCUT2D eigenvalue weighted by atomic mass is 10.00. The van der Waals surface area contributed by atoms with Crippen LogP contribution in [-0.2, 0) is 15.8 Å². The maximum absolute atomic E-state index is 12.5. The van der Waals surface area contributed by atoms with Crippen molar-refractivity contribution in [2.75, 3.05) is 26.7 Å². The predicted octanol–water partition coefficient (Wildman–Crippen LogP) is 1.78. The lowest BCUT2D eigenvalue weighted by molar-refractivity contribution is -0.384. The molecular weight excluding hydrogens is 342 g/mol. The van der Waals surface area contributed by atoms with Gasteiger partial charge in [0.1, 0.15) is 0 Å². The summed E-state index contributed by atoms with van der Waals surface area (Å²) in [6.07, 6.45) is 1.90. The highest BCUT2D eigenvalue weighted by Gasteiger charge is 2.28. The first-order valence-electron chi connectivity index (χ1n) is 7.28. The van der Waals surface area contributed by atoms with E-state index in [-0.39, 0.29) is 23.8 Å². The van der Waals surface area contributed by atoms with E-state index in [1.54, 1.807) is 4.31 Å². The molecule has 0 spiro atoms. The molecular formula is C14H22ClN3O4S. The molecule has 0 aromatic heterocycles. The Bertz CT molecular complexity index is 619. The van der Waals surface area contributed by atoms with E-state index in [2.05, 4.69) is 5.32 Å². The Morgan fingerprint density at radius 3 is 2.57 bits per heavy atom. The Hall–Kier alpha value is -1.22. The van der Waals surface area contributed by atoms with Crippen LogP contribution in [0.4, 0.5) is 5.69 Å². The summed E-state index contributed by atoms with van der Waals surface area (Å²) in [6, 6.07) is 5.69. The summed E-state index contributed by atoms with van der Waals surface area (Å²) in [6.45, 7) is 1.90. The normalized spacial score (nSPS) is 19.1. The number of benzene rings is 1. The molecule has 1 aliphatic rings. The van der Waals surface area contributed by atoms with Crippen molar-refractivity contribution in [3.63, 3.8) is 0 Å². The second kappa shape index (κ2) is 8.58. The average Bonchev–Trinajstić information content (AvgIpc) is 2.48. The van der Waals surface area contributed by atoms with E-state index in [1.807, 2.05) is 7.05 Å². The van der Waals surface area contributed by atoms with Gasteiger partial charge in [-0.2, -0.15) is 0 Å². The molecule has 1 saturated heterocycles. The number of sulfonamides is 1. The van der Waals surface area contributed by atoms with Crippen molar-refractivity contribution in [2.24, 2.45) is 5.92 Å². The fourth-order valence-electron chi connectivity index (χ4n) is 2.75. The Kier molecular flexibility index (Phi) is 7.40. The first-order valence-corrected chi connectivity index (χ1v) is 8.89. The fraction of sp³-hybridized carbons (Fsp3) is 0.571. The van der Waals surface area contributed by atoms with Gasteiger partial charge in [0.05, 0.1) is 10.7 Å². The van der Waals surface area contributed by atoms with Gasteiger partial charge in [0.2, 0.25) is 10.0 Å². The minimum atomic E-state index is -3.39. The van der Waals surface area contributed by atoms with E-state index in [4.69, 9.17) is 0 Å². The van der Waals surface area contributed by atoms with E-state index in [1.165, 1.54) is 24.3 Å². The molecule has 1 heterocycles. The Morgan fingerprint density at radius 1 is 1.35 bits per heavy atom. The quantitative estimate of drug-likeness (QED) is 0.614. The summed E-state index contributed by atoms with van der Waals surface area (Å²) >= 11 is 0. The molecule has 9 heteroatoms. The molecule has 1 aliphatic heterocycles. The molecule has 1 fully saturated rings. The van der Waals surface area contributed by atoms with Crippen molar-refractivity contribution in [1.82, 2.24) is 9.62 Å². The number of hydrogen-bond donors (Lipinski definition) is 1. The SMILES string of the molecule is CNCC1CCCN(S(=O)(=O)Cc2ccc([N+](=O)[O-])cc2)C1.Cl. The minimum absolute atomic E-state index is 0. The van der Waals surface area contributed by atoms with Crippen LogP contribution in [0.3, 0.4) is 0 Å². The number of nitrogens with one attached hydrogen (secondary N) is 1. The summed E-state index contributed by atoms with van der Waals surface area (Å²) < 4.78 is 26.5. The van der Waals surface area contributed by atoms with Crippen LogP contribution in [0.15, 0.2) is 24.3 Å². The van der Waals surface area contributed by atoms with Gasteiger partial charge in [-0.05, 0) is 37.9 Å². The van der Waals surface area contributed by atoms with Gasteiger partial charge in [-0.1, -0.05) is 12.1 Å². The van der Waals surface area contributed by atoms with Gasteiger partial charge in [-0.25, -0.2) is 12.7 Å². The van der Waals surface area contributed by atoms with Crippen molar-refractivity contribution in [2.45, 2.75) is 18.6 Å². The van der Waals surface area contributed by atoms with Gasteiger partial charge in [-0.3, -0.25) is 10.1 Å². The average molecular weight is 364 g/mol. The molecule has 1 N–H and O–H groups in total. The van der Waals surface area contributed by atoms with Crippen LogP contribution in [0.2, 0.25) is 0 Å². The van der Waals surface area contributed by atoms with E-state index in [0.717, 1.165) is 19.4 Å². The summed E-state index contributed by atoms with van der Waals surface area (Å²) in [5.41, 5.74) is 0.537. The van der Waals surface area contributed by atoms with Crippen LogP contribution in [0.25, 0.3) is 0 Å². The van der Waals surface area contributed by atoms with E-state index in [9.17, 15) is 18.5 Å². The molecule has 7 nitrogen and oxygen atoms in total. The monoisotopic (exact) mass is 363 g/mol. The molecule has 0 aliphatic carbocycles. The maximum atomic E-state index is 12.5.